The second-order valence-electron chi connectivity index (χ2n) is 4.67. The molecule has 2 N–H and O–H groups in total. The van der Waals surface area contributed by atoms with Crippen molar-refractivity contribution in [1.29, 1.82) is 0 Å². The molecule has 0 amide bonds. The number of piperazine rings is 1. The molecule has 0 bridgehead atoms. The highest BCUT2D eigenvalue weighted by Gasteiger charge is 2.18. The van der Waals surface area contributed by atoms with Crippen molar-refractivity contribution in [3.63, 3.8) is 0 Å². The Labute approximate surface area is 120 Å². The average molecular weight is 357 g/mol. The maximum atomic E-state index is 6.06. The van der Waals surface area contributed by atoms with E-state index in [1.807, 2.05) is 0 Å². The number of imidazole rings is 1. The van der Waals surface area contributed by atoms with Gasteiger partial charge in [0.15, 0.2) is 0 Å². The number of fused-ring (bicyclic) bond motifs is 1. The first-order valence-electron chi connectivity index (χ1n) is 6.02. The van der Waals surface area contributed by atoms with Gasteiger partial charge in [-0.2, -0.15) is 0 Å². The van der Waals surface area contributed by atoms with Crippen LogP contribution in [0.1, 0.15) is 0 Å². The number of nitrogens with two attached hydrogens (primary N) is 1. The molecule has 1 saturated heterocycles. The summed E-state index contributed by atoms with van der Waals surface area (Å²) in [6.07, 6.45) is 0. The normalized spacial score (nSPS) is 17.6. The topological polar surface area (TPSA) is 50.3 Å². The summed E-state index contributed by atoms with van der Waals surface area (Å²) < 4.78 is 3.24. The minimum Gasteiger partial charge on any atom is -0.368 e. The molecule has 0 saturated carbocycles. The van der Waals surface area contributed by atoms with Crippen molar-refractivity contribution in [2.75, 3.05) is 44.0 Å². The third kappa shape index (κ3) is 2.03. The first-order valence-corrected chi connectivity index (χ1v) is 7.10. The zero-order valence-corrected chi connectivity index (χ0v) is 12.5. The van der Waals surface area contributed by atoms with Gasteiger partial charge in [0, 0.05) is 29.7 Å². The fourth-order valence-electron chi connectivity index (χ4n) is 2.35. The number of hydrogen-bond donors (Lipinski definition) is 1. The van der Waals surface area contributed by atoms with Crippen LogP contribution in [0.3, 0.4) is 0 Å². The van der Waals surface area contributed by atoms with Crippen LogP contribution in [0.25, 0.3) is 11.0 Å². The van der Waals surface area contributed by atoms with Gasteiger partial charge in [-0.1, -0.05) is 0 Å². The first-order chi connectivity index (χ1) is 8.65. The molecule has 1 aliphatic rings. The van der Waals surface area contributed by atoms with E-state index < -0.39 is 0 Å². The summed E-state index contributed by atoms with van der Waals surface area (Å²) in [5.74, 6) is 0.580. The van der Waals surface area contributed by atoms with Crippen molar-refractivity contribution in [2.24, 2.45) is 0 Å². The minimum absolute atomic E-state index is 0.580. The van der Waals surface area contributed by atoms with Crippen LogP contribution in [0.5, 0.6) is 0 Å². The molecule has 1 aromatic carbocycles. The van der Waals surface area contributed by atoms with Crippen molar-refractivity contribution >= 4 is 39.6 Å². The van der Waals surface area contributed by atoms with Crippen LogP contribution < -0.4 is 10.7 Å². The minimum atomic E-state index is 0.580. The second kappa shape index (κ2) is 4.58. The summed E-state index contributed by atoms with van der Waals surface area (Å²) >= 11 is 2.30. The van der Waals surface area contributed by atoms with Gasteiger partial charge in [-0.3, -0.25) is 0 Å². The van der Waals surface area contributed by atoms with E-state index >= 15 is 0 Å². The molecule has 1 fully saturated rings. The van der Waals surface area contributed by atoms with Crippen molar-refractivity contribution in [1.82, 2.24) is 14.6 Å². The number of halogens is 1. The van der Waals surface area contributed by atoms with Gasteiger partial charge in [-0.15, -0.1) is 0 Å². The summed E-state index contributed by atoms with van der Waals surface area (Å²) in [7, 11) is 2.15. The van der Waals surface area contributed by atoms with E-state index in [1.165, 1.54) is 3.57 Å². The first kappa shape index (κ1) is 12.0. The molecular weight excluding hydrogens is 341 g/mol. The summed E-state index contributed by atoms with van der Waals surface area (Å²) in [5, 5.41) is 2.28. The fraction of sp³-hybridized carbons (Fsp3) is 0.417. The average Bonchev–Trinajstić information content (AvgIpc) is 2.65. The summed E-state index contributed by atoms with van der Waals surface area (Å²) in [4.78, 5) is 6.78. The fourth-order valence-corrected chi connectivity index (χ4v) is 2.83. The number of anilines is 1. The molecule has 5 nitrogen and oxygen atoms in total. The van der Waals surface area contributed by atoms with Gasteiger partial charge in [0.05, 0.1) is 11.0 Å². The number of hydrogen-bond acceptors (Lipinski definition) is 4. The maximum Gasteiger partial charge on any atom is 0.220 e. The predicted molar refractivity (Wildman–Crippen MR) is 82.3 cm³/mol. The molecule has 2 heterocycles. The van der Waals surface area contributed by atoms with Gasteiger partial charge in [-0.05, 0) is 47.8 Å². The Hall–Kier alpha value is -1.02. The van der Waals surface area contributed by atoms with Gasteiger partial charge in [0.1, 0.15) is 0 Å². The molecule has 3 rings (SSSR count). The molecule has 6 heteroatoms. The molecule has 0 unspecified atom stereocenters. The van der Waals surface area contributed by atoms with Crippen molar-refractivity contribution in [3.8, 4) is 0 Å². The van der Waals surface area contributed by atoms with Crippen LogP contribution in [0.2, 0.25) is 0 Å². The number of nitrogens with zero attached hydrogens (tertiary/aromatic N) is 4. The lowest BCUT2D eigenvalue weighted by Gasteiger charge is -2.35. The smallest absolute Gasteiger partial charge is 0.220 e. The van der Waals surface area contributed by atoms with E-state index in [9.17, 15) is 0 Å². The van der Waals surface area contributed by atoms with Crippen LogP contribution in [0.4, 0.5) is 5.95 Å². The monoisotopic (exact) mass is 357 g/mol. The Morgan fingerprint density at radius 3 is 2.67 bits per heavy atom. The van der Waals surface area contributed by atoms with E-state index in [-0.39, 0.29) is 0 Å². The lowest BCUT2D eigenvalue weighted by molar-refractivity contribution is 0.290. The summed E-state index contributed by atoms with van der Waals surface area (Å²) in [5.41, 5.74) is 8.13. The van der Waals surface area contributed by atoms with E-state index in [2.05, 4.69) is 67.4 Å². The van der Waals surface area contributed by atoms with Crippen LogP contribution in [0, 0.1) is 3.57 Å². The van der Waals surface area contributed by atoms with Crippen molar-refractivity contribution in [3.05, 3.63) is 21.8 Å². The zero-order chi connectivity index (χ0) is 12.7. The number of nitrogen functional groups attached to an aromatic ring is 1. The van der Waals surface area contributed by atoms with Crippen LogP contribution in [0.15, 0.2) is 18.2 Å². The number of benzene rings is 1. The van der Waals surface area contributed by atoms with Gasteiger partial charge >= 0.3 is 0 Å². The van der Waals surface area contributed by atoms with Crippen molar-refractivity contribution in [2.45, 2.75) is 0 Å². The Bertz CT molecular complexity index is 571. The Morgan fingerprint density at radius 2 is 1.94 bits per heavy atom. The molecular formula is C12H16IN5. The quantitative estimate of drug-likeness (QED) is 0.777. The van der Waals surface area contributed by atoms with Crippen LogP contribution in [-0.4, -0.2) is 47.8 Å². The summed E-state index contributed by atoms with van der Waals surface area (Å²) in [6, 6.07) is 6.26. The third-order valence-corrected chi connectivity index (χ3v) is 4.05. The van der Waals surface area contributed by atoms with Gasteiger partial charge in [-0.25, -0.2) is 9.66 Å². The highest BCUT2D eigenvalue weighted by atomic mass is 127. The molecule has 0 spiro atoms. The number of rotatable bonds is 1. The van der Waals surface area contributed by atoms with Gasteiger partial charge < -0.3 is 15.6 Å². The molecule has 1 aliphatic heterocycles. The lowest BCUT2D eigenvalue weighted by Crippen LogP contribution is -2.50. The highest BCUT2D eigenvalue weighted by Crippen LogP contribution is 2.21. The van der Waals surface area contributed by atoms with Gasteiger partial charge in [0.25, 0.3) is 0 Å². The van der Waals surface area contributed by atoms with E-state index in [4.69, 9.17) is 5.73 Å². The number of aromatic nitrogens is 2. The van der Waals surface area contributed by atoms with Crippen LogP contribution in [-0.2, 0) is 0 Å². The largest absolute Gasteiger partial charge is 0.368 e. The molecule has 0 aliphatic carbocycles. The standard InChI is InChI=1S/C12H16IN5/c1-16-4-6-17(7-5-16)18-11-3-2-9(13)8-10(11)15-12(18)14/h2-3,8H,4-7H2,1H3,(H2,14,15). The zero-order valence-electron chi connectivity index (χ0n) is 10.3. The Kier molecular flexibility index (Phi) is 3.06. The lowest BCUT2D eigenvalue weighted by atomic mass is 10.3. The SMILES string of the molecule is CN1CCN(n2c(N)nc3cc(I)ccc32)CC1. The molecule has 0 atom stereocenters. The van der Waals surface area contributed by atoms with Crippen LogP contribution >= 0.6 is 22.6 Å². The molecule has 1 aromatic heterocycles. The Morgan fingerprint density at radius 1 is 1.22 bits per heavy atom. The predicted octanol–water partition coefficient (Wildman–Crippen LogP) is 1.11. The van der Waals surface area contributed by atoms with Crippen molar-refractivity contribution < 1.29 is 0 Å². The van der Waals surface area contributed by atoms with E-state index in [0.717, 1.165) is 37.2 Å². The Balaban J connectivity index is 2.03. The van der Waals surface area contributed by atoms with E-state index in [1.54, 1.807) is 0 Å². The maximum absolute atomic E-state index is 6.06. The highest BCUT2D eigenvalue weighted by molar-refractivity contribution is 14.1. The summed E-state index contributed by atoms with van der Waals surface area (Å²) in [6.45, 7) is 4.09. The molecule has 18 heavy (non-hydrogen) atoms. The number of likely N-dealkylation sites (N-methyl/N-ethyl adjacent to an activating group) is 1. The molecule has 0 radical (unpaired) electrons. The second-order valence-corrected chi connectivity index (χ2v) is 5.92. The molecule has 96 valence electrons. The third-order valence-electron chi connectivity index (χ3n) is 3.38. The van der Waals surface area contributed by atoms with Gasteiger partial charge in [0.2, 0.25) is 5.95 Å². The van der Waals surface area contributed by atoms with E-state index in [0.29, 0.717) is 5.95 Å². The molecule has 2 aromatic rings.